The molecule has 7 heteroatoms. The summed E-state index contributed by atoms with van der Waals surface area (Å²) in [5.41, 5.74) is 6.16. The van der Waals surface area contributed by atoms with Gasteiger partial charge in [-0.3, -0.25) is 9.59 Å². The number of pyridine rings is 2. The van der Waals surface area contributed by atoms with E-state index in [1.807, 2.05) is 0 Å². The Bertz CT molecular complexity index is 846. The molecule has 2 aromatic heterocycles. The van der Waals surface area contributed by atoms with Gasteiger partial charge >= 0.3 is 0 Å². The number of methoxy groups -OCH3 is 1. The van der Waals surface area contributed by atoms with Crippen LogP contribution in [0.2, 0.25) is 0 Å². The molecule has 0 aliphatic heterocycles. The van der Waals surface area contributed by atoms with Gasteiger partial charge in [0.1, 0.15) is 11.4 Å². The molecule has 2 heterocycles. The first-order valence-corrected chi connectivity index (χ1v) is 6.29. The molecule has 1 aliphatic rings. The monoisotopic (exact) mass is 299 g/mol. The number of rotatable bonds is 2. The van der Waals surface area contributed by atoms with Crippen molar-refractivity contribution in [3.05, 3.63) is 59.1 Å². The molecule has 0 aromatic carbocycles. The molecule has 0 saturated carbocycles. The minimum atomic E-state index is -0.666. The van der Waals surface area contributed by atoms with E-state index in [1.54, 1.807) is 6.07 Å². The minimum Gasteiger partial charge on any atom is -0.491 e. The molecule has 22 heavy (non-hydrogen) atoms. The topological polar surface area (TPSA) is 95.2 Å². The van der Waals surface area contributed by atoms with Crippen LogP contribution in [0.15, 0.2) is 41.9 Å². The van der Waals surface area contributed by atoms with Gasteiger partial charge in [-0.2, -0.15) is 4.39 Å². The van der Waals surface area contributed by atoms with E-state index >= 15 is 0 Å². The van der Waals surface area contributed by atoms with E-state index in [9.17, 15) is 14.0 Å². The van der Waals surface area contributed by atoms with E-state index < -0.39 is 17.5 Å². The summed E-state index contributed by atoms with van der Waals surface area (Å²) in [6, 6.07) is 5.70. The van der Waals surface area contributed by atoms with Gasteiger partial charge in [-0.15, -0.1) is 0 Å². The molecule has 6 nitrogen and oxygen atoms in total. The van der Waals surface area contributed by atoms with Crippen LogP contribution in [0.5, 0.6) is 0 Å². The maximum absolute atomic E-state index is 13.2. The van der Waals surface area contributed by atoms with Crippen molar-refractivity contribution >= 4 is 11.6 Å². The molecule has 0 amide bonds. The Kier molecular flexibility index (Phi) is 3.17. The van der Waals surface area contributed by atoms with Crippen molar-refractivity contribution in [1.29, 1.82) is 0 Å². The van der Waals surface area contributed by atoms with Gasteiger partial charge < -0.3 is 10.5 Å². The second-order valence-corrected chi connectivity index (χ2v) is 4.57. The SMILES string of the molecule is COC1=C(N)C(=O)c2nc(-c3ccnc(F)c3)ccc2C1=O. The van der Waals surface area contributed by atoms with E-state index in [1.165, 1.54) is 31.5 Å². The maximum Gasteiger partial charge on any atom is 0.232 e. The highest BCUT2D eigenvalue weighted by molar-refractivity contribution is 6.25. The highest BCUT2D eigenvalue weighted by atomic mass is 19.1. The van der Waals surface area contributed by atoms with Crippen LogP contribution in [-0.2, 0) is 4.74 Å². The van der Waals surface area contributed by atoms with Crippen LogP contribution in [-0.4, -0.2) is 28.6 Å². The zero-order chi connectivity index (χ0) is 15.9. The molecule has 3 rings (SSSR count). The molecule has 0 atom stereocenters. The quantitative estimate of drug-likeness (QED) is 0.844. The van der Waals surface area contributed by atoms with Gasteiger partial charge in [-0.05, 0) is 18.2 Å². The lowest BCUT2D eigenvalue weighted by Crippen LogP contribution is -2.28. The van der Waals surface area contributed by atoms with Crippen LogP contribution >= 0.6 is 0 Å². The summed E-state index contributed by atoms with van der Waals surface area (Å²) >= 11 is 0. The number of hydrogen-bond donors (Lipinski definition) is 1. The Balaban J connectivity index is 2.15. The lowest BCUT2D eigenvalue weighted by molar-refractivity contribution is 0.0902. The Labute approximate surface area is 124 Å². The maximum atomic E-state index is 13.2. The zero-order valence-electron chi connectivity index (χ0n) is 11.5. The Morgan fingerprint density at radius 3 is 2.64 bits per heavy atom. The first-order valence-electron chi connectivity index (χ1n) is 6.29. The third kappa shape index (κ3) is 2.03. The second kappa shape index (κ2) is 5.03. The molecule has 0 bridgehead atoms. The number of nitrogens with two attached hydrogens (primary N) is 1. The summed E-state index contributed by atoms with van der Waals surface area (Å²) in [5, 5.41) is 0. The lowest BCUT2D eigenvalue weighted by atomic mass is 9.95. The number of ether oxygens (including phenoxy) is 1. The molecule has 0 fully saturated rings. The number of aromatic nitrogens is 2. The van der Waals surface area contributed by atoms with Crippen LogP contribution in [0.25, 0.3) is 11.3 Å². The standard InChI is InChI=1S/C15H10FN3O3/c1-22-15-11(17)14(21)12-8(13(15)20)2-3-9(19-12)7-4-5-18-10(16)6-7/h2-6H,17H2,1H3. The molecule has 2 aromatic rings. The number of Topliss-reactive ketones (excluding diaryl/α,β-unsaturated/α-hetero) is 2. The number of fused-ring (bicyclic) bond motifs is 1. The Hall–Kier alpha value is -3.09. The van der Waals surface area contributed by atoms with Gasteiger partial charge in [0.15, 0.2) is 5.76 Å². The number of hydrogen-bond acceptors (Lipinski definition) is 6. The predicted molar refractivity (Wildman–Crippen MR) is 74.3 cm³/mol. The molecular formula is C15H10FN3O3. The Morgan fingerprint density at radius 1 is 1.18 bits per heavy atom. The average Bonchev–Trinajstić information content (AvgIpc) is 2.53. The van der Waals surface area contributed by atoms with Gasteiger partial charge in [0.05, 0.1) is 18.4 Å². The number of nitrogens with zero attached hydrogens (tertiary/aromatic N) is 2. The van der Waals surface area contributed by atoms with Crippen LogP contribution < -0.4 is 5.73 Å². The molecule has 0 spiro atoms. The van der Waals surface area contributed by atoms with Gasteiger partial charge in [-0.1, -0.05) is 0 Å². The van der Waals surface area contributed by atoms with E-state index in [-0.39, 0.29) is 22.7 Å². The van der Waals surface area contributed by atoms with Crippen molar-refractivity contribution in [3.8, 4) is 11.3 Å². The summed E-state index contributed by atoms with van der Waals surface area (Å²) < 4.78 is 18.1. The molecular weight excluding hydrogens is 289 g/mol. The third-order valence-electron chi connectivity index (χ3n) is 3.28. The molecule has 0 saturated heterocycles. The van der Waals surface area contributed by atoms with Crippen LogP contribution in [0.4, 0.5) is 4.39 Å². The highest BCUT2D eigenvalue weighted by Gasteiger charge is 2.33. The van der Waals surface area contributed by atoms with Gasteiger partial charge in [0, 0.05) is 17.8 Å². The summed E-state index contributed by atoms with van der Waals surface area (Å²) in [6.07, 6.45) is 1.29. The average molecular weight is 299 g/mol. The van der Waals surface area contributed by atoms with E-state index in [0.29, 0.717) is 11.3 Å². The van der Waals surface area contributed by atoms with Crippen molar-refractivity contribution < 1.29 is 18.7 Å². The number of carbonyl (C=O) groups is 2. The van der Waals surface area contributed by atoms with Crippen molar-refractivity contribution in [1.82, 2.24) is 9.97 Å². The number of allylic oxidation sites excluding steroid dienone is 2. The molecule has 1 aliphatic carbocycles. The van der Waals surface area contributed by atoms with Crippen molar-refractivity contribution in [2.75, 3.05) is 7.11 Å². The first-order chi connectivity index (χ1) is 10.5. The van der Waals surface area contributed by atoms with E-state index in [4.69, 9.17) is 10.5 Å². The first kappa shape index (κ1) is 13.9. The smallest absolute Gasteiger partial charge is 0.232 e. The number of ketones is 2. The van der Waals surface area contributed by atoms with Crippen LogP contribution in [0, 0.1) is 5.95 Å². The Morgan fingerprint density at radius 2 is 1.95 bits per heavy atom. The fraction of sp³-hybridized carbons (Fsp3) is 0.0667. The minimum absolute atomic E-state index is 0.0713. The lowest BCUT2D eigenvalue weighted by Gasteiger charge is -2.17. The molecule has 0 unspecified atom stereocenters. The number of carbonyl (C=O) groups excluding carboxylic acids is 2. The highest BCUT2D eigenvalue weighted by Crippen LogP contribution is 2.26. The summed E-state index contributed by atoms with van der Waals surface area (Å²) in [5.74, 6) is -1.96. The van der Waals surface area contributed by atoms with Crippen molar-refractivity contribution in [3.63, 3.8) is 0 Å². The second-order valence-electron chi connectivity index (χ2n) is 4.57. The van der Waals surface area contributed by atoms with Crippen LogP contribution in [0.3, 0.4) is 0 Å². The van der Waals surface area contributed by atoms with Gasteiger partial charge in [-0.25, -0.2) is 9.97 Å². The molecule has 2 N–H and O–H groups in total. The van der Waals surface area contributed by atoms with E-state index in [0.717, 1.165) is 0 Å². The summed E-state index contributed by atoms with van der Waals surface area (Å²) in [6.45, 7) is 0. The van der Waals surface area contributed by atoms with Gasteiger partial charge in [0.2, 0.25) is 17.5 Å². The fourth-order valence-corrected chi connectivity index (χ4v) is 2.22. The van der Waals surface area contributed by atoms with Gasteiger partial charge in [0.25, 0.3) is 0 Å². The zero-order valence-corrected chi connectivity index (χ0v) is 11.5. The normalized spacial score (nSPS) is 14.1. The summed E-state index contributed by atoms with van der Waals surface area (Å²) in [7, 11) is 1.26. The van der Waals surface area contributed by atoms with E-state index in [2.05, 4.69) is 9.97 Å². The largest absolute Gasteiger partial charge is 0.491 e. The third-order valence-corrected chi connectivity index (χ3v) is 3.28. The summed E-state index contributed by atoms with van der Waals surface area (Å²) in [4.78, 5) is 32.0. The predicted octanol–water partition coefficient (Wildman–Crippen LogP) is 1.48. The number of halogens is 1. The van der Waals surface area contributed by atoms with Crippen molar-refractivity contribution in [2.24, 2.45) is 5.73 Å². The molecule has 0 radical (unpaired) electrons. The fourth-order valence-electron chi connectivity index (χ4n) is 2.22. The molecule has 110 valence electrons. The van der Waals surface area contributed by atoms with Crippen LogP contribution in [0.1, 0.15) is 20.8 Å². The van der Waals surface area contributed by atoms with Crippen molar-refractivity contribution in [2.45, 2.75) is 0 Å².